The maximum absolute atomic E-state index is 13.0. The monoisotopic (exact) mass is 532 g/mol. The van der Waals surface area contributed by atoms with Gasteiger partial charge in [0.2, 0.25) is 5.91 Å². The minimum absolute atomic E-state index is 0.0727. The Morgan fingerprint density at radius 3 is 2.05 bits per heavy atom. The van der Waals surface area contributed by atoms with Gasteiger partial charge in [0.15, 0.2) is 6.04 Å². The highest BCUT2D eigenvalue weighted by atomic mass is 16.5. The molecule has 0 aliphatic heterocycles. The third kappa shape index (κ3) is 6.81. The van der Waals surface area contributed by atoms with Crippen molar-refractivity contribution in [1.29, 1.82) is 0 Å². The minimum atomic E-state index is -1.34. The van der Waals surface area contributed by atoms with Crippen LogP contribution in [0.5, 0.6) is 0 Å². The molecule has 1 aliphatic carbocycles. The molecule has 3 aromatic carbocycles. The van der Waals surface area contributed by atoms with Gasteiger partial charge >= 0.3 is 12.1 Å². The maximum atomic E-state index is 13.0. The zero-order valence-corrected chi connectivity index (χ0v) is 21.8. The number of amides is 2. The first-order valence-corrected chi connectivity index (χ1v) is 12.7. The summed E-state index contributed by atoms with van der Waals surface area (Å²) in [6.07, 6.45) is -1.65. The van der Waals surface area contributed by atoms with Gasteiger partial charge in [-0.25, -0.2) is 9.59 Å². The highest BCUT2D eigenvalue weighted by Gasteiger charge is 2.32. The fraction of sp³-hybridized carbons (Fsp3) is 0.300. The van der Waals surface area contributed by atoms with Gasteiger partial charge in [-0.2, -0.15) is 0 Å². The second-order valence-corrected chi connectivity index (χ2v) is 9.30. The van der Waals surface area contributed by atoms with Crippen LogP contribution in [0.25, 0.3) is 11.1 Å². The van der Waals surface area contributed by atoms with Crippen molar-refractivity contribution in [2.75, 3.05) is 20.3 Å². The summed E-state index contributed by atoms with van der Waals surface area (Å²) in [6.45, 7) is 1.64. The number of fused-ring (bicyclic) bond motifs is 3. The van der Waals surface area contributed by atoms with Crippen LogP contribution >= 0.6 is 0 Å². The fourth-order valence-corrected chi connectivity index (χ4v) is 4.66. The van der Waals surface area contributed by atoms with Crippen molar-refractivity contribution in [3.05, 3.63) is 95.6 Å². The van der Waals surface area contributed by atoms with Crippen molar-refractivity contribution in [3.63, 3.8) is 0 Å². The fourth-order valence-electron chi connectivity index (χ4n) is 4.66. The highest BCUT2D eigenvalue weighted by molar-refractivity contribution is 5.89. The third-order valence-electron chi connectivity index (χ3n) is 6.67. The van der Waals surface area contributed by atoms with Gasteiger partial charge < -0.3 is 30.0 Å². The Balaban J connectivity index is 1.35. The summed E-state index contributed by atoms with van der Waals surface area (Å²) in [5.74, 6) is -2.13. The number of benzene rings is 3. The van der Waals surface area contributed by atoms with Crippen LogP contribution < -0.4 is 10.6 Å². The molecule has 0 heterocycles. The molecular weight excluding hydrogens is 500 g/mol. The average molecular weight is 533 g/mol. The van der Waals surface area contributed by atoms with Gasteiger partial charge in [0, 0.05) is 13.0 Å². The number of ether oxygens (including phenoxy) is 3. The van der Waals surface area contributed by atoms with E-state index in [0.29, 0.717) is 0 Å². The predicted octanol–water partition coefficient (Wildman–Crippen LogP) is 3.71. The Morgan fingerprint density at radius 1 is 0.872 bits per heavy atom. The summed E-state index contributed by atoms with van der Waals surface area (Å²) >= 11 is 0. The van der Waals surface area contributed by atoms with Crippen LogP contribution in [0.2, 0.25) is 0 Å². The number of nitrogens with one attached hydrogen (secondary N) is 2. The highest BCUT2D eigenvalue weighted by Crippen LogP contribution is 2.44. The standard InChI is InChI=1S/C30H32N2O7/c1-19(38-16-20-10-4-3-5-11-20)27(29(34)35)32-28(33)26(18-37-2)31-30(36)39-17-25-23-14-8-6-12-21(23)22-13-7-9-15-24(22)25/h3-15,19,25-27H,16-18H2,1-2H3,(H,31,36)(H,32,33)(H,34,35)/t19-,26+,27+/m1/s1. The van der Waals surface area contributed by atoms with Crippen LogP contribution in [0, 0.1) is 0 Å². The summed E-state index contributed by atoms with van der Waals surface area (Å²) in [5, 5.41) is 14.7. The molecule has 9 nitrogen and oxygen atoms in total. The molecule has 2 amide bonds. The number of carbonyl (C=O) groups excluding carboxylic acids is 2. The minimum Gasteiger partial charge on any atom is -0.480 e. The number of hydrogen-bond donors (Lipinski definition) is 3. The predicted molar refractivity (Wildman–Crippen MR) is 144 cm³/mol. The third-order valence-corrected chi connectivity index (χ3v) is 6.67. The van der Waals surface area contributed by atoms with Crippen LogP contribution in [0.15, 0.2) is 78.9 Å². The van der Waals surface area contributed by atoms with E-state index in [1.807, 2.05) is 78.9 Å². The Hall–Kier alpha value is -4.21. The largest absolute Gasteiger partial charge is 0.480 e. The summed E-state index contributed by atoms with van der Waals surface area (Å²) in [6, 6.07) is 22.7. The van der Waals surface area contributed by atoms with Gasteiger partial charge in [-0.15, -0.1) is 0 Å². The van der Waals surface area contributed by atoms with Gasteiger partial charge in [-0.1, -0.05) is 78.9 Å². The topological polar surface area (TPSA) is 123 Å². The van der Waals surface area contributed by atoms with Crippen molar-refractivity contribution in [3.8, 4) is 11.1 Å². The lowest BCUT2D eigenvalue weighted by Gasteiger charge is -2.25. The van der Waals surface area contributed by atoms with Crippen molar-refractivity contribution < 1.29 is 33.7 Å². The molecule has 1 aliphatic rings. The first kappa shape index (κ1) is 27.8. The summed E-state index contributed by atoms with van der Waals surface area (Å²) in [7, 11) is 1.37. The molecule has 3 N–H and O–H groups in total. The number of carboxylic acids is 1. The van der Waals surface area contributed by atoms with E-state index < -0.39 is 36.2 Å². The average Bonchev–Trinajstić information content (AvgIpc) is 3.27. The van der Waals surface area contributed by atoms with Crippen LogP contribution in [0.4, 0.5) is 4.79 Å². The molecule has 9 heteroatoms. The van der Waals surface area contributed by atoms with Gasteiger partial charge in [0.05, 0.1) is 19.3 Å². The van der Waals surface area contributed by atoms with E-state index in [1.54, 1.807) is 6.92 Å². The molecule has 3 aromatic rings. The molecule has 204 valence electrons. The molecule has 0 fully saturated rings. The zero-order valence-electron chi connectivity index (χ0n) is 21.8. The maximum Gasteiger partial charge on any atom is 0.407 e. The van der Waals surface area contributed by atoms with Crippen LogP contribution in [-0.4, -0.2) is 61.6 Å². The van der Waals surface area contributed by atoms with E-state index in [1.165, 1.54) is 7.11 Å². The number of alkyl carbamates (subject to hydrolysis) is 1. The van der Waals surface area contributed by atoms with Gasteiger partial charge in [-0.3, -0.25) is 4.79 Å². The normalized spacial score (nSPS) is 14.4. The molecule has 0 aromatic heterocycles. The molecule has 4 rings (SSSR count). The Labute approximate surface area is 227 Å². The number of methoxy groups -OCH3 is 1. The molecule has 0 spiro atoms. The number of hydrogen-bond acceptors (Lipinski definition) is 6. The quantitative estimate of drug-likeness (QED) is 0.325. The van der Waals surface area contributed by atoms with Crippen LogP contribution in [0.1, 0.15) is 29.5 Å². The van der Waals surface area contributed by atoms with Crippen molar-refractivity contribution in [2.45, 2.75) is 37.6 Å². The Bertz CT molecular complexity index is 1250. The lowest BCUT2D eigenvalue weighted by Crippen LogP contribution is -2.56. The molecular formula is C30H32N2O7. The van der Waals surface area contributed by atoms with Crippen LogP contribution in [0.3, 0.4) is 0 Å². The number of rotatable bonds is 12. The molecule has 0 radical (unpaired) electrons. The van der Waals surface area contributed by atoms with Crippen molar-refractivity contribution in [1.82, 2.24) is 10.6 Å². The van der Waals surface area contributed by atoms with Crippen molar-refractivity contribution in [2.24, 2.45) is 0 Å². The lowest BCUT2D eigenvalue weighted by atomic mass is 9.98. The second-order valence-electron chi connectivity index (χ2n) is 9.30. The van der Waals surface area contributed by atoms with E-state index >= 15 is 0 Å². The number of carboxylic acid groups (broad SMARTS) is 1. The Kier molecular flexibility index (Phi) is 9.30. The SMILES string of the molecule is COC[C@H](NC(=O)OCC1c2ccccc2-c2ccccc21)C(=O)N[C@H](C(=O)O)[C@@H](C)OCc1ccccc1. The molecule has 0 saturated heterocycles. The van der Waals surface area contributed by atoms with E-state index in [4.69, 9.17) is 14.2 Å². The zero-order chi connectivity index (χ0) is 27.8. The second kappa shape index (κ2) is 13.0. The first-order valence-electron chi connectivity index (χ1n) is 12.7. The molecule has 39 heavy (non-hydrogen) atoms. The van der Waals surface area contributed by atoms with E-state index in [9.17, 15) is 19.5 Å². The van der Waals surface area contributed by atoms with Crippen LogP contribution in [-0.2, 0) is 30.4 Å². The number of aliphatic carboxylic acids is 1. The van der Waals surface area contributed by atoms with Gasteiger partial charge in [0.25, 0.3) is 0 Å². The lowest BCUT2D eigenvalue weighted by molar-refractivity contribution is -0.147. The smallest absolute Gasteiger partial charge is 0.407 e. The van der Waals surface area contributed by atoms with Crippen molar-refractivity contribution >= 4 is 18.0 Å². The summed E-state index contributed by atoms with van der Waals surface area (Å²) in [5.41, 5.74) is 5.19. The van der Waals surface area contributed by atoms with Gasteiger partial charge in [-0.05, 0) is 34.7 Å². The molecule has 3 atom stereocenters. The molecule has 0 unspecified atom stereocenters. The Morgan fingerprint density at radius 2 is 1.46 bits per heavy atom. The van der Waals surface area contributed by atoms with E-state index in [-0.39, 0.29) is 25.7 Å². The molecule has 0 bridgehead atoms. The van der Waals surface area contributed by atoms with Gasteiger partial charge in [0.1, 0.15) is 12.6 Å². The van der Waals surface area contributed by atoms with E-state index in [0.717, 1.165) is 27.8 Å². The summed E-state index contributed by atoms with van der Waals surface area (Å²) in [4.78, 5) is 37.6. The molecule has 0 saturated carbocycles. The summed E-state index contributed by atoms with van der Waals surface area (Å²) < 4.78 is 16.3. The first-order chi connectivity index (χ1) is 18.9. The number of carbonyl (C=O) groups is 3. The van der Waals surface area contributed by atoms with E-state index in [2.05, 4.69) is 10.6 Å².